The van der Waals surface area contributed by atoms with Crippen molar-refractivity contribution in [2.45, 2.75) is 12.4 Å². The van der Waals surface area contributed by atoms with Gasteiger partial charge in [-0.05, 0) is 6.92 Å². The van der Waals surface area contributed by atoms with Crippen LogP contribution in [0.3, 0.4) is 0 Å². The summed E-state index contributed by atoms with van der Waals surface area (Å²) < 4.78 is 68.4. The number of thiazole rings is 1. The van der Waals surface area contributed by atoms with Crippen molar-refractivity contribution in [2.24, 2.45) is 0 Å². The van der Waals surface area contributed by atoms with Crippen LogP contribution in [0.4, 0.5) is 13.2 Å². The van der Waals surface area contributed by atoms with Crippen LogP contribution in [0, 0.1) is 0 Å². The van der Waals surface area contributed by atoms with Gasteiger partial charge in [-0.15, -0.1) is 0 Å². The number of halogens is 4. The molecule has 0 radical (unpaired) electrons. The Morgan fingerprint density at radius 2 is 2.09 bits per heavy atom. The highest BCUT2D eigenvalue weighted by Crippen LogP contribution is 2.30. The Morgan fingerprint density at radius 1 is 1.45 bits per heavy atom. The molecule has 1 rings (SSSR count). The van der Waals surface area contributed by atoms with E-state index in [-0.39, 0.29) is 21.8 Å². The summed E-state index contributed by atoms with van der Waals surface area (Å²) in [6.45, 7) is 0.639. The van der Waals surface area contributed by atoms with Crippen LogP contribution in [0.1, 0.15) is 17.4 Å². The van der Waals surface area contributed by atoms with Gasteiger partial charge in [0.1, 0.15) is 10.9 Å². The molecule has 0 aliphatic carbocycles. The summed E-state index contributed by atoms with van der Waals surface area (Å²) in [7, 11) is -5.42. The van der Waals surface area contributed by atoms with Crippen LogP contribution in [0.2, 0.25) is 4.34 Å². The molecule has 1 aromatic rings. The Balaban J connectivity index is 2.53. The maximum absolute atomic E-state index is 12.0. The second-order valence-electron chi connectivity index (χ2n) is 3.51. The molecule has 0 saturated carbocycles. The molecule has 126 valence electrons. The van der Waals surface area contributed by atoms with Crippen molar-refractivity contribution in [1.82, 2.24) is 9.71 Å². The first-order valence-electron chi connectivity index (χ1n) is 5.60. The summed E-state index contributed by atoms with van der Waals surface area (Å²) in [5.74, 6) is -0.767. The second-order valence-corrected chi connectivity index (χ2v) is 6.84. The van der Waals surface area contributed by atoms with Crippen molar-refractivity contribution >= 4 is 38.9 Å². The number of carbonyl (C=O) groups is 1. The van der Waals surface area contributed by atoms with Gasteiger partial charge in [0.25, 0.3) is 5.19 Å². The molecular formula is C9H10ClF3N2O5S2. The molecule has 1 N–H and O–H groups in total. The number of esters is 1. The molecule has 0 spiro atoms. The van der Waals surface area contributed by atoms with E-state index in [1.54, 1.807) is 6.92 Å². The Bertz CT molecular complexity index is 632. The third-order valence-electron chi connectivity index (χ3n) is 1.96. The zero-order valence-corrected chi connectivity index (χ0v) is 13.3. The van der Waals surface area contributed by atoms with E-state index in [2.05, 4.69) is 9.72 Å². The minimum absolute atomic E-state index is 0.00989. The van der Waals surface area contributed by atoms with Crippen molar-refractivity contribution in [3.8, 4) is 5.19 Å². The lowest BCUT2D eigenvalue weighted by molar-refractivity contribution is -0.0448. The maximum Gasteiger partial charge on any atom is 0.511 e. The van der Waals surface area contributed by atoms with Gasteiger partial charge in [0.15, 0.2) is 5.69 Å². The molecule has 0 amide bonds. The van der Waals surface area contributed by atoms with Gasteiger partial charge in [0.05, 0.1) is 6.61 Å². The molecule has 0 aromatic carbocycles. The number of sulfonamides is 1. The Hall–Kier alpha value is -1.11. The number of rotatable bonds is 7. The molecule has 13 heteroatoms. The summed E-state index contributed by atoms with van der Waals surface area (Å²) in [6, 6.07) is 0. The SMILES string of the molecule is CCOC(=O)c1nc(OCCNS(=O)(=O)C(F)(F)F)sc1Cl. The predicted octanol–water partition coefficient (Wildman–Crippen LogP) is 1.79. The van der Waals surface area contributed by atoms with E-state index >= 15 is 0 Å². The molecule has 0 atom stereocenters. The van der Waals surface area contributed by atoms with E-state index < -0.39 is 34.7 Å². The van der Waals surface area contributed by atoms with Gasteiger partial charge in [-0.2, -0.15) is 18.2 Å². The largest absolute Gasteiger partial charge is 0.511 e. The van der Waals surface area contributed by atoms with Gasteiger partial charge in [0.2, 0.25) is 0 Å². The van der Waals surface area contributed by atoms with Gasteiger partial charge in [-0.1, -0.05) is 22.9 Å². The van der Waals surface area contributed by atoms with Crippen molar-refractivity contribution in [3.05, 3.63) is 10.0 Å². The molecular weight excluding hydrogens is 373 g/mol. The van der Waals surface area contributed by atoms with Gasteiger partial charge in [0, 0.05) is 6.54 Å². The lowest BCUT2D eigenvalue weighted by Crippen LogP contribution is -2.38. The first-order valence-corrected chi connectivity index (χ1v) is 8.28. The number of nitrogens with one attached hydrogen (secondary N) is 1. The Labute approximate surface area is 132 Å². The van der Waals surface area contributed by atoms with Gasteiger partial charge in [-0.3, -0.25) is 0 Å². The highest BCUT2D eigenvalue weighted by molar-refractivity contribution is 7.90. The maximum atomic E-state index is 12.0. The summed E-state index contributed by atoms with van der Waals surface area (Å²) in [4.78, 5) is 15.1. The number of nitrogens with zero attached hydrogens (tertiary/aromatic N) is 1. The van der Waals surface area contributed by atoms with E-state index in [0.717, 1.165) is 11.3 Å². The van der Waals surface area contributed by atoms with Crippen LogP contribution in [-0.2, 0) is 14.8 Å². The number of aromatic nitrogens is 1. The quantitative estimate of drug-likeness (QED) is 0.570. The predicted molar refractivity (Wildman–Crippen MR) is 71.6 cm³/mol. The summed E-state index contributed by atoms with van der Waals surface area (Å²) in [5.41, 5.74) is -5.58. The van der Waals surface area contributed by atoms with Crippen LogP contribution in [0.5, 0.6) is 5.19 Å². The van der Waals surface area contributed by atoms with Crippen molar-refractivity contribution in [3.63, 3.8) is 0 Å². The molecule has 0 unspecified atom stereocenters. The van der Waals surface area contributed by atoms with Crippen molar-refractivity contribution in [2.75, 3.05) is 19.8 Å². The molecule has 22 heavy (non-hydrogen) atoms. The molecule has 0 saturated heterocycles. The summed E-state index contributed by atoms with van der Waals surface area (Å²) in [5, 5.41) is -0.0979. The van der Waals surface area contributed by atoms with E-state index in [4.69, 9.17) is 16.3 Å². The zero-order chi connectivity index (χ0) is 17.0. The first kappa shape index (κ1) is 18.9. The average molecular weight is 383 g/mol. The Morgan fingerprint density at radius 3 is 2.64 bits per heavy atom. The third kappa shape index (κ3) is 4.97. The fraction of sp³-hybridized carbons (Fsp3) is 0.556. The molecule has 0 aliphatic heterocycles. The van der Waals surface area contributed by atoms with Crippen LogP contribution >= 0.6 is 22.9 Å². The van der Waals surface area contributed by atoms with Crippen LogP contribution < -0.4 is 9.46 Å². The summed E-state index contributed by atoms with van der Waals surface area (Å²) in [6.07, 6.45) is 0. The smallest absolute Gasteiger partial charge is 0.469 e. The van der Waals surface area contributed by atoms with Crippen LogP contribution in [0.25, 0.3) is 0 Å². The number of alkyl halides is 3. The van der Waals surface area contributed by atoms with Crippen LogP contribution in [-0.4, -0.2) is 44.6 Å². The minimum Gasteiger partial charge on any atom is -0.469 e. The fourth-order valence-electron chi connectivity index (χ4n) is 1.07. The lowest BCUT2D eigenvalue weighted by atomic mass is 10.5. The van der Waals surface area contributed by atoms with Gasteiger partial charge >= 0.3 is 21.5 Å². The monoisotopic (exact) mass is 382 g/mol. The first-order chi connectivity index (χ1) is 10.1. The van der Waals surface area contributed by atoms with Gasteiger partial charge < -0.3 is 9.47 Å². The summed E-state index contributed by atoms with van der Waals surface area (Å²) >= 11 is 6.50. The molecule has 7 nitrogen and oxygen atoms in total. The van der Waals surface area contributed by atoms with Crippen molar-refractivity contribution in [1.29, 1.82) is 0 Å². The number of hydrogen-bond acceptors (Lipinski definition) is 7. The molecule has 1 heterocycles. The highest BCUT2D eigenvalue weighted by atomic mass is 35.5. The number of carbonyl (C=O) groups excluding carboxylic acids is 1. The van der Waals surface area contributed by atoms with E-state index in [0.29, 0.717) is 0 Å². The zero-order valence-electron chi connectivity index (χ0n) is 10.9. The van der Waals surface area contributed by atoms with E-state index in [1.807, 2.05) is 0 Å². The fourth-order valence-corrected chi connectivity index (χ4v) is 2.56. The lowest BCUT2D eigenvalue weighted by Gasteiger charge is -2.09. The standard InChI is InChI=1S/C9H10ClF3N2O5S2/c1-2-19-7(16)5-6(10)21-8(15-5)20-4-3-14-22(17,18)9(11,12)13/h14H,2-4H2,1H3. The highest BCUT2D eigenvalue weighted by Gasteiger charge is 2.45. The van der Waals surface area contributed by atoms with E-state index in [1.165, 1.54) is 4.72 Å². The molecule has 1 aromatic heterocycles. The third-order valence-corrected chi connectivity index (χ3v) is 4.32. The number of ether oxygens (including phenoxy) is 2. The molecule has 0 bridgehead atoms. The average Bonchev–Trinajstić information content (AvgIpc) is 2.75. The number of hydrogen-bond donors (Lipinski definition) is 1. The molecule has 0 aliphatic rings. The van der Waals surface area contributed by atoms with Crippen molar-refractivity contribution < 1.29 is 35.9 Å². The normalized spacial score (nSPS) is 12.2. The van der Waals surface area contributed by atoms with Crippen LogP contribution in [0.15, 0.2) is 0 Å². The topological polar surface area (TPSA) is 94.6 Å². The van der Waals surface area contributed by atoms with E-state index in [9.17, 15) is 26.4 Å². The van der Waals surface area contributed by atoms with Gasteiger partial charge in [-0.25, -0.2) is 17.9 Å². The second kappa shape index (κ2) is 7.44. The minimum atomic E-state index is -5.42. The molecule has 0 fully saturated rings. The Kier molecular flexibility index (Phi) is 6.40.